The van der Waals surface area contributed by atoms with Gasteiger partial charge in [0.25, 0.3) is 0 Å². The lowest BCUT2D eigenvalue weighted by molar-refractivity contribution is -0.155. The minimum atomic E-state index is -0.184. The van der Waals surface area contributed by atoms with E-state index in [1.807, 2.05) is 13.8 Å². The molecule has 0 atom stereocenters. The summed E-state index contributed by atoms with van der Waals surface area (Å²) in [6.07, 6.45) is 1.30. The maximum absolute atomic E-state index is 10.6. The van der Waals surface area contributed by atoms with Gasteiger partial charge in [0.1, 0.15) is 0 Å². The molecule has 0 aliphatic rings. The summed E-state index contributed by atoms with van der Waals surface area (Å²) >= 11 is 0. The molecule has 0 saturated heterocycles. The van der Waals surface area contributed by atoms with Crippen molar-refractivity contribution in [3.63, 3.8) is 0 Å². The Morgan fingerprint density at radius 1 is 1.40 bits per heavy atom. The summed E-state index contributed by atoms with van der Waals surface area (Å²) in [5.41, 5.74) is 0. The van der Waals surface area contributed by atoms with Crippen molar-refractivity contribution in [3.8, 4) is 0 Å². The quantitative estimate of drug-likeness (QED) is 0.333. The number of rotatable bonds is 5. The molecule has 0 fully saturated rings. The van der Waals surface area contributed by atoms with E-state index in [9.17, 15) is 4.79 Å². The van der Waals surface area contributed by atoms with E-state index in [2.05, 4.69) is 4.74 Å². The summed E-state index contributed by atoms with van der Waals surface area (Å²) in [5, 5.41) is 0. The van der Waals surface area contributed by atoms with Crippen LogP contribution in [0.1, 0.15) is 26.7 Å². The number of ether oxygens (including phenoxy) is 2. The van der Waals surface area contributed by atoms with Gasteiger partial charge in [0, 0.05) is 13.0 Å². The summed E-state index contributed by atoms with van der Waals surface area (Å²) in [6.45, 7) is 4.46. The van der Waals surface area contributed by atoms with Crippen LogP contribution in [-0.2, 0) is 14.3 Å². The molecule has 0 aliphatic carbocycles. The first-order valence-corrected chi connectivity index (χ1v) is 3.54. The third kappa shape index (κ3) is 5.56. The van der Waals surface area contributed by atoms with Gasteiger partial charge >= 0.3 is 5.97 Å². The fraction of sp³-hybridized carbons (Fsp3) is 0.857. The predicted octanol–water partition coefficient (Wildman–Crippen LogP) is 1.32. The molecule has 0 unspecified atom stereocenters. The average Bonchev–Trinajstić information content (AvgIpc) is 1.89. The van der Waals surface area contributed by atoms with Crippen LogP contribution < -0.4 is 0 Å². The van der Waals surface area contributed by atoms with Gasteiger partial charge in [-0.3, -0.25) is 4.79 Å². The molecular formula is C7H14O3. The Morgan fingerprint density at radius 3 is 2.60 bits per heavy atom. The van der Waals surface area contributed by atoms with Crippen molar-refractivity contribution in [3.05, 3.63) is 0 Å². The van der Waals surface area contributed by atoms with E-state index in [1.54, 1.807) is 0 Å². The zero-order valence-corrected chi connectivity index (χ0v) is 6.55. The van der Waals surface area contributed by atoms with Crippen molar-refractivity contribution in [2.45, 2.75) is 26.7 Å². The Balaban J connectivity index is 3.05. The van der Waals surface area contributed by atoms with E-state index in [-0.39, 0.29) is 12.8 Å². The molecule has 10 heavy (non-hydrogen) atoms. The first-order valence-electron chi connectivity index (χ1n) is 3.54. The molecule has 60 valence electrons. The van der Waals surface area contributed by atoms with Crippen LogP contribution >= 0.6 is 0 Å². The maximum atomic E-state index is 10.6. The van der Waals surface area contributed by atoms with Crippen molar-refractivity contribution in [2.24, 2.45) is 0 Å². The molecule has 0 aromatic rings. The van der Waals surface area contributed by atoms with Crippen LogP contribution in [0.15, 0.2) is 0 Å². The molecule has 0 N–H and O–H groups in total. The normalized spacial score (nSPS) is 9.40. The standard InChI is InChI=1S/C7H14O3/c1-3-5-7(8)10-6-9-4-2/h3-6H2,1-2H3. The van der Waals surface area contributed by atoms with Gasteiger partial charge in [-0.05, 0) is 13.3 Å². The van der Waals surface area contributed by atoms with Crippen LogP contribution in [0.2, 0.25) is 0 Å². The van der Waals surface area contributed by atoms with Crippen LogP contribution in [-0.4, -0.2) is 19.4 Å². The fourth-order valence-electron chi connectivity index (χ4n) is 0.467. The second-order valence-corrected chi connectivity index (χ2v) is 1.88. The van der Waals surface area contributed by atoms with Gasteiger partial charge in [0.2, 0.25) is 0 Å². The Kier molecular flexibility index (Phi) is 6.18. The van der Waals surface area contributed by atoms with Crippen LogP contribution in [0.4, 0.5) is 0 Å². The zero-order valence-electron chi connectivity index (χ0n) is 6.55. The molecule has 0 rings (SSSR count). The van der Waals surface area contributed by atoms with E-state index in [1.165, 1.54) is 0 Å². The van der Waals surface area contributed by atoms with Gasteiger partial charge in [-0.2, -0.15) is 0 Å². The lowest BCUT2D eigenvalue weighted by Gasteiger charge is -2.01. The molecule has 0 heterocycles. The highest BCUT2D eigenvalue weighted by molar-refractivity contribution is 5.69. The zero-order chi connectivity index (χ0) is 7.82. The monoisotopic (exact) mass is 146 g/mol. The SMILES string of the molecule is CCCC(=O)OCOCC. The van der Waals surface area contributed by atoms with Gasteiger partial charge in [-0.1, -0.05) is 6.92 Å². The van der Waals surface area contributed by atoms with Gasteiger partial charge in [-0.15, -0.1) is 0 Å². The number of esters is 1. The lowest BCUT2D eigenvalue weighted by atomic mass is 10.3. The molecule has 0 spiro atoms. The Bertz CT molecular complexity index is 90.9. The molecular weight excluding hydrogens is 132 g/mol. The fourth-order valence-corrected chi connectivity index (χ4v) is 0.467. The van der Waals surface area contributed by atoms with Crippen LogP contribution in [0.25, 0.3) is 0 Å². The number of hydrogen-bond donors (Lipinski definition) is 0. The molecule has 0 aliphatic heterocycles. The molecule has 0 amide bonds. The van der Waals surface area contributed by atoms with Gasteiger partial charge in [0.05, 0.1) is 0 Å². The maximum Gasteiger partial charge on any atom is 0.307 e. The first-order chi connectivity index (χ1) is 4.81. The smallest absolute Gasteiger partial charge is 0.307 e. The second kappa shape index (κ2) is 6.55. The molecule has 0 saturated carbocycles. The first kappa shape index (κ1) is 9.43. The van der Waals surface area contributed by atoms with E-state index in [4.69, 9.17) is 4.74 Å². The summed E-state index contributed by atoms with van der Waals surface area (Å²) in [4.78, 5) is 10.6. The van der Waals surface area contributed by atoms with E-state index >= 15 is 0 Å². The van der Waals surface area contributed by atoms with Crippen molar-refractivity contribution in [1.82, 2.24) is 0 Å². The summed E-state index contributed by atoms with van der Waals surface area (Å²) in [7, 11) is 0. The Labute approximate surface area is 61.3 Å². The molecule has 3 nitrogen and oxygen atoms in total. The van der Waals surface area contributed by atoms with Crippen LogP contribution in [0.3, 0.4) is 0 Å². The average molecular weight is 146 g/mol. The van der Waals surface area contributed by atoms with Gasteiger partial charge < -0.3 is 9.47 Å². The topological polar surface area (TPSA) is 35.5 Å². The van der Waals surface area contributed by atoms with Crippen molar-refractivity contribution in [1.29, 1.82) is 0 Å². The third-order valence-electron chi connectivity index (χ3n) is 0.961. The largest absolute Gasteiger partial charge is 0.438 e. The minimum Gasteiger partial charge on any atom is -0.438 e. The predicted molar refractivity (Wildman–Crippen MR) is 37.5 cm³/mol. The van der Waals surface area contributed by atoms with E-state index < -0.39 is 0 Å². The minimum absolute atomic E-state index is 0.0926. The molecule has 0 radical (unpaired) electrons. The number of carbonyl (C=O) groups is 1. The highest BCUT2D eigenvalue weighted by atomic mass is 16.7. The number of carbonyl (C=O) groups excluding carboxylic acids is 1. The van der Waals surface area contributed by atoms with E-state index in [0.717, 1.165) is 6.42 Å². The molecule has 0 bridgehead atoms. The van der Waals surface area contributed by atoms with Gasteiger partial charge in [0.15, 0.2) is 6.79 Å². The summed E-state index contributed by atoms with van der Waals surface area (Å²) < 4.78 is 9.47. The summed E-state index contributed by atoms with van der Waals surface area (Å²) in [6, 6.07) is 0. The third-order valence-corrected chi connectivity index (χ3v) is 0.961. The number of hydrogen-bond acceptors (Lipinski definition) is 3. The summed E-state index contributed by atoms with van der Waals surface area (Å²) in [5.74, 6) is -0.184. The van der Waals surface area contributed by atoms with Gasteiger partial charge in [-0.25, -0.2) is 0 Å². The van der Waals surface area contributed by atoms with E-state index in [0.29, 0.717) is 13.0 Å². The van der Waals surface area contributed by atoms with Crippen molar-refractivity contribution in [2.75, 3.05) is 13.4 Å². The van der Waals surface area contributed by atoms with Crippen LogP contribution in [0, 0.1) is 0 Å². The lowest BCUT2D eigenvalue weighted by Crippen LogP contribution is -2.07. The highest BCUT2D eigenvalue weighted by Gasteiger charge is 1.97. The second-order valence-electron chi connectivity index (χ2n) is 1.88. The highest BCUT2D eigenvalue weighted by Crippen LogP contribution is 1.90. The Morgan fingerprint density at radius 2 is 2.10 bits per heavy atom. The molecule has 3 heteroatoms. The van der Waals surface area contributed by atoms with Crippen LogP contribution in [0.5, 0.6) is 0 Å². The molecule has 0 aromatic carbocycles. The Hall–Kier alpha value is -0.570. The van der Waals surface area contributed by atoms with Crippen molar-refractivity contribution >= 4 is 5.97 Å². The molecule has 0 aromatic heterocycles. The van der Waals surface area contributed by atoms with Crippen molar-refractivity contribution < 1.29 is 14.3 Å².